The van der Waals surface area contributed by atoms with E-state index in [0.717, 1.165) is 0 Å². The van der Waals surface area contributed by atoms with Crippen LogP contribution in [0.4, 0.5) is 0 Å². The quantitative estimate of drug-likeness (QED) is 0.245. The molecule has 0 aromatic carbocycles. The molecule has 0 radical (unpaired) electrons. The Labute approximate surface area is 79.2 Å². The number of rotatable bonds is 5. The lowest BCUT2D eigenvalue weighted by Gasteiger charge is -2.22. The largest absolute Gasteiger partial charge is 0.393 e. The zero-order valence-corrected chi connectivity index (χ0v) is 7.44. The van der Waals surface area contributed by atoms with Crippen molar-refractivity contribution in [3.63, 3.8) is 0 Å². The van der Waals surface area contributed by atoms with Crippen molar-refractivity contribution in [3.8, 4) is 0 Å². The highest BCUT2D eigenvalue weighted by atomic mass is 32.1. The van der Waals surface area contributed by atoms with Crippen LogP contribution in [0.15, 0.2) is 0 Å². The highest BCUT2D eigenvalue weighted by Crippen LogP contribution is 2.12. The second kappa shape index (κ2) is 4.68. The Morgan fingerprint density at radius 1 is 1.38 bits per heavy atom. The van der Waals surface area contributed by atoms with Crippen LogP contribution in [0.5, 0.6) is 0 Å². The van der Waals surface area contributed by atoms with Gasteiger partial charge >= 0.3 is 0 Å². The third kappa shape index (κ3) is 2.48. The van der Waals surface area contributed by atoms with Crippen molar-refractivity contribution in [2.45, 2.75) is 11.7 Å². The molecule has 76 valence electrons. The number of Topliss-reactive ketones (excluding diaryl/α,β-unsaturated/α-hetero) is 1. The predicted octanol–water partition coefficient (Wildman–Crippen LogP) is -2.91. The summed E-state index contributed by atoms with van der Waals surface area (Å²) in [4.78, 5) is 21.6. The van der Waals surface area contributed by atoms with E-state index in [-0.39, 0.29) is 0 Å². The molecule has 0 saturated carbocycles. The van der Waals surface area contributed by atoms with Gasteiger partial charge in [-0.2, -0.15) is 0 Å². The summed E-state index contributed by atoms with van der Waals surface area (Å²) < 4.78 is 0. The highest BCUT2D eigenvalue weighted by Gasteiger charge is 2.44. The van der Waals surface area contributed by atoms with Crippen LogP contribution < -0.4 is 0 Å². The molecular formula is C6H10O6S. The molecule has 0 fully saturated rings. The Morgan fingerprint density at radius 2 is 1.85 bits per heavy atom. The van der Waals surface area contributed by atoms with E-state index in [1.807, 2.05) is 0 Å². The van der Waals surface area contributed by atoms with Crippen molar-refractivity contribution in [1.82, 2.24) is 0 Å². The fraction of sp³-hybridized carbons (Fsp3) is 0.667. The molecule has 0 heterocycles. The molecule has 0 bridgehead atoms. The number of aliphatic hydroxyl groups excluding tert-OH is 3. The molecule has 0 aromatic rings. The van der Waals surface area contributed by atoms with Crippen molar-refractivity contribution < 1.29 is 30.0 Å². The van der Waals surface area contributed by atoms with E-state index in [0.29, 0.717) is 0 Å². The Kier molecular flexibility index (Phi) is 4.51. The maximum atomic E-state index is 11.0. The van der Waals surface area contributed by atoms with E-state index in [1.54, 1.807) is 0 Å². The molecular weight excluding hydrogens is 200 g/mol. The van der Waals surface area contributed by atoms with Crippen molar-refractivity contribution in [3.05, 3.63) is 0 Å². The SMILES string of the molecule is O=C(S)C(O)(CO)C(=O)C(O)CO. The van der Waals surface area contributed by atoms with Crippen LogP contribution in [0.2, 0.25) is 0 Å². The summed E-state index contributed by atoms with van der Waals surface area (Å²) in [5.74, 6) is -1.38. The van der Waals surface area contributed by atoms with Gasteiger partial charge in [-0.25, -0.2) is 0 Å². The highest BCUT2D eigenvalue weighted by molar-refractivity contribution is 7.97. The van der Waals surface area contributed by atoms with E-state index in [9.17, 15) is 14.7 Å². The summed E-state index contributed by atoms with van der Waals surface area (Å²) >= 11 is 3.17. The van der Waals surface area contributed by atoms with E-state index in [2.05, 4.69) is 12.6 Å². The molecule has 0 aromatic heterocycles. The van der Waals surface area contributed by atoms with Gasteiger partial charge in [0.15, 0.2) is 0 Å². The lowest BCUT2D eigenvalue weighted by atomic mass is 9.97. The first-order valence-electron chi connectivity index (χ1n) is 3.30. The van der Waals surface area contributed by atoms with Crippen LogP contribution in [-0.4, -0.2) is 56.2 Å². The maximum absolute atomic E-state index is 11.0. The average molecular weight is 210 g/mol. The van der Waals surface area contributed by atoms with Gasteiger partial charge in [0.05, 0.1) is 13.2 Å². The van der Waals surface area contributed by atoms with Crippen LogP contribution in [0.1, 0.15) is 0 Å². The Balaban J connectivity index is 4.77. The molecule has 6 nitrogen and oxygen atoms in total. The fourth-order valence-electron chi connectivity index (χ4n) is 0.609. The lowest BCUT2D eigenvalue weighted by molar-refractivity contribution is -0.157. The number of carbonyl (C=O) groups excluding carboxylic acids is 2. The molecule has 0 spiro atoms. The van der Waals surface area contributed by atoms with Crippen LogP contribution in [0.25, 0.3) is 0 Å². The monoisotopic (exact) mass is 210 g/mol. The van der Waals surface area contributed by atoms with Gasteiger partial charge in [0.1, 0.15) is 6.10 Å². The summed E-state index contributed by atoms with van der Waals surface area (Å²) in [7, 11) is 0. The fourth-order valence-corrected chi connectivity index (χ4v) is 0.790. The number of aliphatic hydroxyl groups is 4. The Morgan fingerprint density at radius 3 is 2.08 bits per heavy atom. The summed E-state index contributed by atoms with van der Waals surface area (Å²) in [6.07, 6.45) is -1.91. The maximum Gasteiger partial charge on any atom is 0.227 e. The molecule has 2 atom stereocenters. The zero-order chi connectivity index (χ0) is 10.6. The molecule has 2 unspecified atom stereocenters. The molecule has 7 heteroatoms. The smallest absolute Gasteiger partial charge is 0.227 e. The van der Waals surface area contributed by atoms with E-state index in [1.165, 1.54) is 0 Å². The van der Waals surface area contributed by atoms with Crippen molar-refractivity contribution in [2.75, 3.05) is 13.2 Å². The second-order valence-corrected chi connectivity index (χ2v) is 2.79. The number of ketones is 1. The first-order valence-corrected chi connectivity index (χ1v) is 3.74. The molecule has 0 aliphatic heterocycles. The van der Waals surface area contributed by atoms with Gasteiger partial charge in [0.2, 0.25) is 16.5 Å². The third-order valence-electron chi connectivity index (χ3n) is 1.47. The molecule has 0 aliphatic rings. The lowest BCUT2D eigenvalue weighted by Crippen LogP contribution is -2.53. The van der Waals surface area contributed by atoms with Gasteiger partial charge < -0.3 is 20.4 Å². The number of hydrogen-bond acceptors (Lipinski definition) is 6. The predicted molar refractivity (Wildman–Crippen MR) is 44.1 cm³/mol. The number of carbonyl (C=O) groups is 2. The van der Waals surface area contributed by atoms with Gasteiger partial charge in [0.25, 0.3) is 0 Å². The van der Waals surface area contributed by atoms with E-state index >= 15 is 0 Å². The first-order chi connectivity index (χ1) is 5.90. The van der Waals surface area contributed by atoms with E-state index < -0.39 is 35.8 Å². The second-order valence-electron chi connectivity index (χ2n) is 2.39. The van der Waals surface area contributed by atoms with Crippen molar-refractivity contribution >= 4 is 23.5 Å². The Bertz CT molecular complexity index is 217. The van der Waals surface area contributed by atoms with Gasteiger partial charge in [-0.05, 0) is 0 Å². The van der Waals surface area contributed by atoms with Crippen LogP contribution >= 0.6 is 12.6 Å². The topological polar surface area (TPSA) is 115 Å². The molecule has 0 saturated heterocycles. The molecule has 0 aliphatic carbocycles. The molecule has 4 N–H and O–H groups in total. The summed E-state index contributed by atoms with van der Waals surface area (Å²) in [6.45, 7) is -2.13. The minimum Gasteiger partial charge on any atom is -0.393 e. The molecule has 13 heavy (non-hydrogen) atoms. The first kappa shape index (κ1) is 12.5. The summed E-state index contributed by atoms with van der Waals surface area (Å²) in [6, 6.07) is 0. The van der Waals surface area contributed by atoms with Gasteiger partial charge in [0, 0.05) is 0 Å². The zero-order valence-electron chi connectivity index (χ0n) is 6.54. The normalized spacial score (nSPS) is 17.6. The van der Waals surface area contributed by atoms with Gasteiger partial charge in [-0.3, -0.25) is 9.59 Å². The standard InChI is InChI=1S/C6H10O6S/c7-1-3(9)4(10)6(12,2-8)5(11)13/h3,7-9,12H,1-2H2,(H,11,13). The van der Waals surface area contributed by atoms with E-state index in [4.69, 9.17) is 15.3 Å². The van der Waals surface area contributed by atoms with Crippen molar-refractivity contribution in [1.29, 1.82) is 0 Å². The van der Waals surface area contributed by atoms with Gasteiger partial charge in [-0.15, -0.1) is 12.6 Å². The summed E-state index contributed by atoms with van der Waals surface area (Å²) in [5.41, 5.74) is -2.74. The van der Waals surface area contributed by atoms with Crippen LogP contribution in [0.3, 0.4) is 0 Å². The van der Waals surface area contributed by atoms with Crippen LogP contribution in [-0.2, 0) is 9.59 Å². The number of hydrogen-bond donors (Lipinski definition) is 5. The van der Waals surface area contributed by atoms with Crippen molar-refractivity contribution in [2.24, 2.45) is 0 Å². The minimum atomic E-state index is -2.74. The minimum absolute atomic E-state index is 0.942. The Hall–Kier alpha value is -0.470. The average Bonchev–Trinajstić information content (AvgIpc) is 2.13. The molecule has 0 amide bonds. The summed E-state index contributed by atoms with van der Waals surface area (Å²) in [5, 5.41) is 33.6. The molecule has 0 rings (SSSR count). The van der Waals surface area contributed by atoms with Gasteiger partial charge in [-0.1, -0.05) is 0 Å². The third-order valence-corrected chi connectivity index (χ3v) is 1.84. The van der Waals surface area contributed by atoms with Crippen LogP contribution in [0, 0.1) is 0 Å². The number of thiol groups is 1.